The van der Waals surface area contributed by atoms with Gasteiger partial charge in [0.25, 0.3) is 0 Å². The number of aromatic amines is 1. The highest BCUT2D eigenvalue weighted by atomic mass is 32.2. The van der Waals surface area contributed by atoms with Crippen LogP contribution in [0.5, 0.6) is 0 Å². The normalized spacial score (nSPS) is 11.1. The first-order valence-corrected chi connectivity index (χ1v) is 5.33. The molecule has 1 rings (SSSR count). The van der Waals surface area contributed by atoms with Crippen LogP contribution >= 0.6 is 12.2 Å². The second kappa shape index (κ2) is 3.71. The van der Waals surface area contributed by atoms with Gasteiger partial charge in [0.1, 0.15) is 5.75 Å². The van der Waals surface area contributed by atoms with Gasteiger partial charge in [0, 0.05) is 6.20 Å². The van der Waals surface area contributed by atoms with Gasteiger partial charge in [-0.2, -0.15) is 5.10 Å². The van der Waals surface area contributed by atoms with Crippen LogP contribution < -0.4 is 10.5 Å². The summed E-state index contributed by atoms with van der Waals surface area (Å²) in [6, 6.07) is 0. The van der Waals surface area contributed by atoms with Gasteiger partial charge < -0.3 is 5.73 Å². The van der Waals surface area contributed by atoms with Gasteiger partial charge in [0.15, 0.2) is 0 Å². The summed E-state index contributed by atoms with van der Waals surface area (Å²) in [5, 5.41) is 6.03. The molecule has 8 heteroatoms. The number of thiocarbonyl (C=S) groups is 1. The van der Waals surface area contributed by atoms with Crippen molar-refractivity contribution < 1.29 is 8.42 Å². The number of H-pyrrole nitrogens is 1. The summed E-state index contributed by atoms with van der Waals surface area (Å²) < 4.78 is 24.6. The molecule has 1 aromatic rings. The summed E-state index contributed by atoms with van der Waals surface area (Å²) >= 11 is 4.47. The molecular formula is C5H8N4O2S2. The maximum atomic E-state index is 11.2. The predicted molar refractivity (Wildman–Crippen MR) is 52.8 cm³/mol. The van der Waals surface area contributed by atoms with Crippen LogP contribution in [0.25, 0.3) is 0 Å². The van der Waals surface area contributed by atoms with Crippen LogP contribution in [0, 0.1) is 0 Å². The van der Waals surface area contributed by atoms with Gasteiger partial charge in [0.2, 0.25) is 10.0 Å². The fourth-order valence-corrected chi connectivity index (χ4v) is 2.09. The average Bonchev–Trinajstić information content (AvgIpc) is 2.34. The zero-order valence-electron chi connectivity index (χ0n) is 6.52. The zero-order chi connectivity index (χ0) is 9.90. The summed E-state index contributed by atoms with van der Waals surface area (Å²) in [7, 11) is -3.48. The second-order valence-electron chi connectivity index (χ2n) is 2.31. The molecule has 0 spiro atoms. The van der Waals surface area contributed by atoms with E-state index in [2.05, 4.69) is 27.1 Å². The van der Waals surface area contributed by atoms with Crippen molar-refractivity contribution in [2.75, 3.05) is 10.5 Å². The largest absolute Gasteiger partial charge is 0.392 e. The molecular weight excluding hydrogens is 212 g/mol. The first-order chi connectivity index (χ1) is 5.99. The molecule has 13 heavy (non-hydrogen) atoms. The van der Waals surface area contributed by atoms with Crippen molar-refractivity contribution in [3.63, 3.8) is 0 Å². The minimum absolute atomic E-state index is 0.0732. The first-order valence-electron chi connectivity index (χ1n) is 3.27. The maximum absolute atomic E-state index is 11.2. The summed E-state index contributed by atoms with van der Waals surface area (Å²) in [5.74, 6) is -0.368. The number of sulfonamides is 1. The number of nitrogens with two attached hydrogens (primary N) is 1. The van der Waals surface area contributed by atoms with Gasteiger partial charge in [-0.05, 0) is 0 Å². The predicted octanol–water partition coefficient (Wildman–Crippen LogP) is -0.563. The quantitative estimate of drug-likeness (QED) is 0.590. The topological polar surface area (TPSA) is 101 Å². The molecule has 0 aliphatic rings. The Labute approximate surface area is 80.6 Å². The van der Waals surface area contributed by atoms with Crippen molar-refractivity contribution in [1.29, 1.82) is 0 Å². The minimum Gasteiger partial charge on any atom is -0.392 e. The lowest BCUT2D eigenvalue weighted by molar-refractivity contribution is 0.605. The Kier molecular flexibility index (Phi) is 2.83. The Morgan fingerprint density at radius 3 is 2.92 bits per heavy atom. The van der Waals surface area contributed by atoms with E-state index in [0.717, 1.165) is 0 Å². The number of rotatable bonds is 4. The molecule has 0 atom stereocenters. The number of nitrogens with zero attached hydrogens (tertiary/aromatic N) is 1. The van der Waals surface area contributed by atoms with Gasteiger partial charge in [-0.15, -0.1) is 0 Å². The van der Waals surface area contributed by atoms with E-state index in [1.54, 1.807) is 0 Å². The highest BCUT2D eigenvalue weighted by Gasteiger charge is 2.11. The van der Waals surface area contributed by atoms with Gasteiger partial charge in [-0.25, -0.2) is 8.42 Å². The lowest BCUT2D eigenvalue weighted by Crippen LogP contribution is -2.26. The molecule has 0 aliphatic carbocycles. The van der Waals surface area contributed by atoms with E-state index in [4.69, 9.17) is 5.73 Å². The standard InChI is InChI=1S/C5H8N4O2S2/c6-5(12)3-13(10,11)9-4-1-7-8-2-4/h1-2,9H,3H2,(H2,6,12)(H,7,8). The lowest BCUT2D eigenvalue weighted by Gasteiger charge is -2.03. The summed E-state index contributed by atoms with van der Waals surface area (Å²) in [6.45, 7) is 0. The second-order valence-corrected chi connectivity index (χ2v) is 4.56. The molecule has 0 bridgehead atoms. The van der Waals surface area contributed by atoms with E-state index in [1.807, 2.05) is 0 Å². The van der Waals surface area contributed by atoms with Crippen molar-refractivity contribution in [1.82, 2.24) is 10.2 Å². The van der Waals surface area contributed by atoms with E-state index in [1.165, 1.54) is 12.4 Å². The van der Waals surface area contributed by atoms with Gasteiger partial charge in [-0.1, -0.05) is 12.2 Å². The van der Waals surface area contributed by atoms with Crippen LogP contribution in [0.3, 0.4) is 0 Å². The third-order valence-corrected chi connectivity index (χ3v) is 2.67. The summed E-state index contributed by atoms with van der Waals surface area (Å²) in [6.07, 6.45) is 2.76. The summed E-state index contributed by atoms with van der Waals surface area (Å²) in [4.78, 5) is -0.0732. The monoisotopic (exact) mass is 220 g/mol. The maximum Gasteiger partial charge on any atom is 0.239 e. The molecule has 0 aromatic carbocycles. The van der Waals surface area contributed by atoms with Crippen LogP contribution in [0.2, 0.25) is 0 Å². The summed E-state index contributed by atoms with van der Waals surface area (Å²) in [5.41, 5.74) is 5.45. The number of aromatic nitrogens is 2. The molecule has 0 unspecified atom stereocenters. The molecule has 1 heterocycles. The number of hydrogen-bond acceptors (Lipinski definition) is 4. The Morgan fingerprint density at radius 1 is 1.77 bits per heavy atom. The molecule has 0 saturated carbocycles. The van der Waals surface area contributed by atoms with Gasteiger partial charge >= 0.3 is 0 Å². The van der Waals surface area contributed by atoms with Gasteiger partial charge in [0.05, 0.1) is 16.9 Å². The smallest absolute Gasteiger partial charge is 0.239 e. The third kappa shape index (κ3) is 3.38. The zero-order valence-corrected chi connectivity index (χ0v) is 8.15. The molecule has 0 saturated heterocycles. The van der Waals surface area contributed by atoms with Crippen molar-refractivity contribution in [2.45, 2.75) is 0 Å². The molecule has 6 nitrogen and oxygen atoms in total. The van der Waals surface area contributed by atoms with Crippen LogP contribution in [0.4, 0.5) is 5.69 Å². The first kappa shape index (κ1) is 9.93. The van der Waals surface area contributed by atoms with Crippen LogP contribution in [-0.2, 0) is 10.0 Å². The number of anilines is 1. The lowest BCUT2D eigenvalue weighted by atomic mass is 10.6. The fraction of sp³-hybridized carbons (Fsp3) is 0.200. The highest BCUT2D eigenvalue weighted by molar-refractivity contribution is 7.95. The fourth-order valence-electron chi connectivity index (χ4n) is 0.710. The molecule has 0 fully saturated rings. The number of hydrogen-bond donors (Lipinski definition) is 3. The average molecular weight is 220 g/mol. The van der Waals surface area contributed by atoms with Crippen molar-refractivity contribution in [3.8, 4) is 0 Å². The van der Waals surface area contributed by atoms with Crippen molar-refractivity contribution >= 4 is 32.9 Å². The Morgan fingerprint density at radius 2 is 2.46 bits per heavy atom. The van der Waals surface area contributed by atoms with E-state index in [9.17, 15) is 8.42 Å². The minimum atomic E-state index is -3.48. The van der Waals surface area contributed by atoms with Gasteiger partial charge in [-0.3, -0.25) is 9.82 Å². The Hall–Kier alpha value is -1.15. The molecule has 72 valence electrons. The van der Waals surface area contributed by atoms with Crippen LogP contribution in [0.15, 0.2) is 12.4 Å². The molecule has 0 amide bonds. The molecule has 0 aliphatic heterocycles. The van der Waals surface area contributed by atoms with E-state index < -0.39 is 10.0 Å². The highest BCUT2D eigenvalue weighted by Crippen LogP contribution is 2.04. The Balaban J connectivity index is 2.68. The molecule has 4 N–H and O–H groups in total. The van der Waals surface area contributed by atoms with E-state index in [0.29, 0.717) is 5.69 Å². The van der Waals surface area contributed by atoms with Crippen molar-refractivity contribution in [2.24, 2.45) is 5.73 Å². The Bertz CT molecular complexity index is 383. The van der Waals surface area contributed by atoms with Crippen molar-refractivity contribution in [3.05, 3.63) is 12.4 Å². The molecule has 0 radical (unpaired) electrons. The molecule has 1 aromatic heterocycles. The number of nitrogens with one attached hydrogen (secondary N) is 2. The van der Waals surface area contributed by atoms with Crippen LogP contribution in [0.1, 0.15) is 0 Å². The van der Waals surface area contributed by atoms with Crippen LogP contribution in [-0.4, -0.2) is 29.4 Å². The third-order valence-electron chi connectivity index (χ3n) is 1.10. The van der Waals surface area contributed by atoms with E-state index >= 15 is 0 Å². The SMILES string of the molecule is NC(=S)CS(=O)(=O)Nc1cn[nH]c1. The van der Waals surface area contributed by atoms with E-state index in [-0.39, 0.29) is 10.7 Å².